The molecule has 12 nitrogen and oxygen atoms in total. The molecule has 14 heteroatoms. The first-order chi connectivity index (χ1) is 28.2. The molecule has 1 saturated carbocycles. The van der Waals surface area contributed by atoms with E-state index in [1.807, 2.05) is 63.1 Å². The van der Waals surface area contributed by atoms with Gasteiger partial charge in [0.25, 0.3) is 0 Å². The molecule has 59 heavy (non-hydrogen) atoms. The summed E-state index contributed by atoms with van der Waals surface area (Å²) < 4.78 is 64.5. The van der Waals surface area contributed by atoms with Crippen LogP contribution in [0.1, 0.15) is 101 Å². The molecule has 3 fully saturated rings. The Labute approximate surface area is 345 Å². The number of anilines is 1. The number of terminal acetylenes is 1. The zero-order chi connectivity index (χ0) is 41.8. The van der Waals surface area contributed by atoms with Crippen LogP contribution >= 0.6 is 0 Å². The van der Waals surface area contributed by atoms with Crippen molar-refractivity contribution in [1.82, 2.24) is 24.6 Å². The second kappa shape index (κ2) is 15.7. The van der Waals surface area contributed by atoms with Crippen LogP contribution in [0.15, 0.2) is 47.8 Å². The molecule has 1 aliphatic carbocycles. The number of nitrogens with zero attached hydrogens (tertiary/aromatic N) is 6. The van der Waals surface area contributed by atoms with E-state index in [1.165, 1.54) is 6.07 Å². The minimum Gasteiger partial charge on any atom is -0.486 e. The van der Waals surface area contributed by atoms with Gasteiger partial charge in [0, 0.05) is 66.3 Å². The molecule has 310 valence electrons. The second-order valence-electron chi connectivity index (χ2n) is 16.9. The fourth-order valence-electron chi connectivity index (χ4n) is 8.17. The average Bonchev–Trinajstić information content (AvgIpc) is 3.79. The van der Waals surface area contributed by atoms with Crippen LogP contribution in [0.25, 0.3) is 32.9 Å². The monoisotopic (exact) mass is 822 g/mol. The summed E-state index contributed by atoms with van der Waals surface area (Å²) in [5, 5.41) is 5.76. The van der Waals surface area contributed by atoms with E-state index in [-0.39, 0.29) is 41.2 Å². The van der Waals surface area contributed by atoms with Gasteiger partial charge < -0.3 is 24.0 Å². The molecule has 2 aromatic heterocycles. The van der Waals surface area contributed by atoms with Gasteiger partial charge in [-0.3, -0.25) is 0 Å². The van der Waals surface area contributed by atoms with Crippen molar-refractivity contribution < 1.29 is 31.8 Å². The highest BCUT2D eigenvalue weighted by molar-refractivity contribution is 7.91. The Morgan fingerprint density at radius 2 is 1.83 bits per heavy atom. The number of ether oxygens (including phenoxy) is 3. The lowest BCUT2D eigenvalue weighted by atomic mass is 9.88. The molecule has 0 N–H and O–H groups in total. The summed E-state index contributed by atoms with van der Waals surface area (Å²) in [6.45, 7) is 10.3. The Balaban J connectivity index is 1.37. The van der Waals surface area contributed by atoms with Gasteiger partial charge in [0.15, 0.2) is 12.0 Å². The van der Waals surface area contributed by atoms with Gasteiger partial charge in [-0.2, -0.15) is 5.10 Å². The number of carbonyl (C=O) groups is 1. The van der Waals surface area contributed by atoms with Crippen LogP contribution in [-0.2, 0) is 25.9 Å². The van der Waals surface area contributed by atoms with Gasteiger partial charge in [-0.15, -0.1) is 6.42 Å². The van der Waals surface area contributed by atoms with Gasteiger partial charge in [-0.05, 0) is 107 Å². The Hall–Kier alpha value is -5.26. The number of likely N-dealkylation sites (N-methyl/N-ethyl adjacent to an activating group) is 1. The number of likely N-dealkylation sites (tertiary alicyclic amines) is 1. The quantitative estimate of drug-likeness (QED) is 0.1000. The third-order valence-corrected chi connectivity index (χ3v) is 13.1. The van der Waals surface area contributed by atoms with E-state index >= 15 is 4.39 Å². The number of sulfone groups is 1. The molecule has 1 unspecified atom stereocenters. The average molecular weight is 823 g/mol. The van der Waals surface area contributed by atoms with Crippen LogP contribution in [0.5, 0.6) is 5.75 Å². The first-order valence-corrected chi connectivity index (χ1v) is 22.1. The highest BCUT2D eigenvalue weighted by atomic mass is 32.2. The predicted octanol–water partition coefficient (Wildman–Crippen LogP) is 8.47. The predicted molar refractivity (Wildman–Crippen MR) is 225 cm³/mol. The smallest absolute Gasteiger partial charge is 0.410 e. The van der Waals surface area contributed by atoms with E-state index in [0.717, 1.165) is 54.2 Å². The highest BCUT2D eigenvalue weighted by Crippen LogP contribution is 2.53. The number of aromatic nitrogens is 4. The molecule has 3 aromatic carbocycles. The number of fused-ring (bicyclic) bond motifs is 2. The summed E-state index contributed by atoms with van der Waals surface area (Å²) in [5.41, 5.74) is 4.37. The van der Waals surface area contributed by atoms with Gasteiger partial charge >= 0.3 is 6.09 Å². The minimum absolute atomic E-state index is 0.0895. The van der Waals surface area contributed by atoms with Crippen molar-refractivity contribution in [3.05, 3.63) is 70.7 Å². The number of hydrogen-bond donors (Lipinski definition) is 0. The van der Waals surface area contributed by atoms with Crippen molar-refractivity contribution in [2.45, 2.75) is 109 Å². The topological polar surface area (TPSA) is 129 Å². The van der Waals surface area contributed by atoms with Crippen LogP contribution in [0.2, 0.25) is 0 Å². The summed E-state index contributed by atoms with van der Waals surface area (Å²) in [7, 11) is -2.08. The molecule has 0 spiro atoms. The Bertz CT molecular complexity index is 2590. The van der Waals surface area contributed by atoms with Crippen molar-refractivity contribution in [2.75, 3.05) is 37.4 Å². The van der Waals surface area contributed by atoms with E-state index in [0.29, 0.717) is 65.3 Å². The first kappa shape index (κ1) is 40.5. The van der Waals surface area contributed by atoms with Crippen LogP contribution < -0.4 is 9.64 Å². The molecule has 8 rings (SSSR count). The molecule has 2 saturated heterocycles. The fraction of sp³-hybridized carbons (Fsp3) is 0.467. The fourth-order valence-corrected chi connectivity index (χ4v) is 8.89. The van der Waals surface area contributed by atoms with Crippen molar-refractivity contribution in [1.29, 1.82) is 0 Å². The van der Waals surface area contributed by atoms with E-state index in [9.17, 15) is 13.2 Å². The van der Waals surface area contributed by atoms with Crippen molar-refractivity contribution in [2.24, 2.45) is 0 Å². The number of halogens is 1. The van der Waals surface area contributed by atoms with Crippen molar-refractivity contribution in [3.8, 4) is 29.2 Å². The standard InChI is InChI=1S/C45H51FN6O6S/c1-8-28-13-15-29(16-14-28)26-57-41-39(38-27(3)35(46)23-36-34(38)24-47-52(36)37-12-10-11-21-56-37)32(30-17-18-30)22-33-40(41)48-43(59(54,55)9-2)49-42(33)50(7)31-19-20-51(25-31)44(53)58-45(4,5)6/h1,13-16,22-24,30-31,37H,9-12,17-21,25-26H2,2-7H3/t31-,37?/m0/s1. The van der Waals surface area contributed by atoms with E-state index in [2.05, 4.69) is 5.92 Å². The third-order valence-electron chi connectivity index (χ3n) is 11.6. The Morgan fingerprint density at radius 3 is 2.49 bits per heavy atom. The summed E-state index contributed by atoms with van der Waals surface area (Å²) in [6, 6.07) is 10.8. The molecule has 1 amide bonds. The minimum atomic E-state index is -3.95. The van der Waals surface area contributed by atoms with Crippen LogP contribution in [-0.4, -0.2) is 83.3 Å². The lowest BCUT2D eigenvalue weighted by Crippen LogP contribution is -2.39. The van der Waals surface area contributed by atoms with Crippen LogP contribution in [0.3, 0.4) is 0 Å². The number of benzene rings is 3. The molecule has 5 aromatic rings. The van der Waals surface area contributed by atoms with Crippen molar-refractivity contribution >= 4 is 43.6 Å². The van der Waals surface area contributed by atoms with Gasteiger partial charge in [0.1, 0.15) is 29.4 Å². The zero-order valence-electron chi connectivity index (χ0n) is 34.5. The molecular weight excluding hydrogens is 772 g/mol. The summed E-state index contributed by atoms with van der Waals surface area (Å²) in [4.78, 5) is 26.4. The zero-order valence-corrected chi connectivity index (χ0v) is 35.4. The van der Waals surface area contributed by atoms with Gasteiger partial charge in [-0.1, -0.05) is 25.0 Å². The highest BCUT2D eigenvalue weighted by Gasteiger charge is 2.37. The summed E-state index contributed by atoms with van der Waals surface area (Å²) in [5.74, 6) is 2.86. The summed E-state index contributed by atoms with van der Waals surface area (Å²) in [6.07, 6.45) is 11.8. The molecular formula is C45H51FN6O6S. The number of amides is 1. The normalized spacial score (nSPS) is 18.6. The lowest BCUT2D eigenvalue weighted by Gasteiger charge is -2.29. The summed E-state index contributed by atoms with van der Waals surface area (Å²) >= 11 is 0. The van der Waals surface area contributed by atoms with E-state index in [1.54, 1.807) is 29.6 Å². The van der Waals surface area contributed by atoms with Crippen LogP contribution in [0.4, 0.5) is 15.0 Å². The molecule has 0 radical (unpaired) electrons. The van der Waals surface area contributed by atoms with Gasteiger partial charge in [-0.25, -0.2) is 32.3 Å². The van der Waals surface area contributed by atoms with E-state index in [4.69, 9.17) is 35.7 Å². The number of hydrogen-bond acceptors (Lipinski definition) is 10. The first-order valence-electron chi connectivity index (χ1n) is 20.5. The van der Waals surface area contributed by atoms with Crippen LogP contribution in [0, 0.1) is 25.1 Å². The molecule has 2 atom stereocenters. The molecule has 4 heterocycles. The third kappa shape index (κ3) is 7.94. The molecule has 3 aliphatic rings. The Morgan fingerprint density at radius 1 is 1.07 bits per heavy atom. The van der Waals surface area contributed by atoms with Gasteiger partial charge in [0.05, 0.1) is 17.5 Å². The van der Waals surface area contributed by atoms with Crippen molar-refractivity contribution in [3.63, 3.8) is 0 Å². The Kier molecular flexibility index (Phi) is 10.8. The SMILES string of the molecule is C#Cc1ccc(COc2c(-c3c(C)c(F)cc4c3cnn4C3CCCCO3)c(C3CC3)cc3c(N(C)[C@H]4CCN(C(=O)OC(C)(C)C)C4)nc(S(=O)(=O)CC)nc23)cc1. The largest absolute Gasteiger partial charge is 0.486 e. The molecule has 0 bridgehead atoms. The van der Waals surface area contributed by atoms with Gasteiger partial charge in [0.2, 0.25) is 15.0 Å². The number of rotatable bonds is 10. The number of carbonyl (C=O) groups excluding carboxylic acids is 1. The maximum Gasteiger partial charge on any atom is 0.410 e. The maximum atomic E-state index is 16.4. The van der Waals surface area contributed by atoms with E-state index < -0.39 is 27.3 Å². The lowest BCUT2D eigenvalue weighted by molar-refractivity contribution is -0.0366. The maximum absolute atomic E-state index is 16.4. The molecule has 2 aliphatic heterocycles. The second-order valence-corrected chi connectivity index (χ2v) is 19.1.